The van der Waals surface area contributed by atoms with Crippen LogP contribution in [-0.2, 0) is 10.2 Å². The lowest BCUT2D eigenvalue weighted by molar-refractivity contribution is 0.522. The van der Waals surface area contributed by atoms with E-state index in [0.29, 0.717) is 0 Å². The second-order valence-electron chi connectivity index (χ2n) is 3.22. The van der Waals surface area contributed by atoms with Crippen molar-refractivity contribution in [3.63, 3.8) is 0 Å². The summed E-state index contributed by atoms with van der Waals surface area (Å²) in [6.45, 7) is 4.01. The van der Waals surface area contributed by atoms with Gasteiger partial charge in [0, 0.05) is 13.1 Å². The highest BCUT2D eigenvalue weighted by Crippen LogP contribution is 2.03. The first-order valence-electron chi connectivity index (χ1n) is 4.72. The van der Waals surface area contributed by atoms with Gasteiger partial charge in [0.2, 0.25) is 0 Å². The fraction of sp³-hybridized carbons (Fsp3) is 1.00. The number of rotatable bonds is 7. The third kappa shape index (κ3) is 6.98. The first-order valence-corrected chi connectivity index (χ1v) is 6.21. The molecule has 0 spiro atoms. The predicted octanol–water partition coefficient (Wildman–Crippen LogP) is 1.01. The highest BCUT2D eigenvalue weighted by molar-refractivity contribution is 7.87. The van der Waals surface area contributed by atoms with Gasteiger partial charge in [-0.2, -0.15) is 13.1 Å². The van der Waals surface area contributed by atoms with E-state index in [1.807, 2.05) is 6.92 Å². The van der Waals surface area contributed by atoms with Gasteiger partial charge in [0.25, 0.3) is 10.2 Å². The Balaban J connectivity index is 3.68. The first-order chi connectivity index (χ1) is 6.02. The second kappa shape index (κ2) is 6.34. The van der Waals surface area contributed by atoms with Gasteiger partial charge in [-0.15, -0.1) is 0 Å². The molecule has 0 aliphatic rings. The molecule has 5 heteroatoms. The van der Waals surface area contributed by atoms with Crippen LogP contribution in [0.3, 0.4) is 0 Å². The van der Waals surface area contributed by atoms with E-state index >= 15 is 0 Å². The molecule has 1 atom stereocenters. The van der Waals surface area contributed by atoms with E-state index in [2.05, 4.69) is 16.4 Å². The fourth-order valence-corrected chi connectivity index (χ4v) is 1.85. The molecule has 2 N–H and O–H groups in total. The zero-order valence-corrected chi connectivity index (χ0v) is 9.45. The molecule has 1 unspecified atom stereocenters. The summed E-state index contributed by atoms with van der Waals surface area (Å²) >= 11 is 0. The lowest BCUT2D eigenvalue weighted by atomic mass is 10.1. The molecule has 0 bridgehead atoms. The molecule has 13 heavy (non-hydrogen) atoms. The molecule has 0 aromatic heterocycles. The third-order valence-corrected chi connectivity index (χ3v) is 3.12. The molecule has 0 amide bonds. The monoisotopic (exact) mass is 208 g/mol. The van der Waals surface area contributed by atoms with E-state index in [4.69, 9.17) is 0 Å². The van der Waals surface area contributed by atoms with Gasteiger partial charge >= 0.3 is 0 Å². The summed E-state index contributed by atoms with van der Waals surface area (Å²) < 4.78 is 26.8. The van der Waals surface area contributed by atoms with Crippen LogP contribution in [0.5, 0.6) is 0 Å². The Morgan fingerprint density at radius 1 is 1.31 bits per heavy atom. The van der Waals surface area contributed by atoms with Crippen LogP contribution in [0.15, 0.2) is 0 Å². The Bertz CT molecular complexity index is 214. The van der Waals surface area contributed by atoms with Crippen LogP contribution in [-0.4, -0.2) is 21.5 Å². The van der Waals surface area contributed by atoms with Crippen LogP contribution < -0.4 is 9.44 Å². The molecule has 0 aliphatic carbocycles. The Kier molecular flexibility index (Phi) is 6.28. The molecular formula is C8H20N2O2S. The van der Waals surface area contributed by atoms with Crippen molar-refractivity contribution in [2.45, 2.75) is 45.6 Å². The van der Waals surface area contributed by atoms with Crippen molar-refractivity contribution in [3.8, 4) is 0 Å². The zero-order valence-electron chi connectivity index (χ0n) is 8.63. The van der Waals surface area contributed by atoms with Crippen LogP contribution in [0.2, 0.25) is 0 Å². The highest BCUT2D eigenvalue weighted by atomic mass is 32.2. The maximum atomic E-state index is 11.0. The molecule has 0 aliphatic heterocycles. The SMILES string of the molecule is CCCCCC(C)NS(=O)(=O)NC. The molecular weight excluding hydrogens is 188 g/mol. The summed E-state index contributed by atoms with van der Waals surface area (Å²) in [5.74, 6) is 0. The lowest BCUT2D eigenvalue weighted by Gasteiger charge is -2.12. The average molecular weight is 208 g/mol. The summed E-state index contributed by atoms with van der Waals surface area (Å²) in [6.07, 6.45) is 4.29. The quantitative estimate of drug-likeness (QED) is 0.613. The summed E-state index contributed by atoms with van der Waals surface area (Å²) in [7, 11) is -1.85. The maximum absolute atomic E-state index is 11.0. The zero-order chi connectivity index (χ0) is 10.3. The van der Waals surface area contributed by atoms with Crippen LogP contribution in [0, 0.1) is 0 Å². The van der Waals surface area contributed by atoms with E-state index in [1.54, 1.807) is 0 Å². The third-order valence-electron chi connectivity index (χ3n) is 1.87. The van der Waals surface area contributed by atoms with Crippen molar-refractivity contribution in [3.05, 3.63) is 0 Å². The van der Waals surface area contributed by atoms with Crippen molar-refractivity contribution in [2.24, 2.45) is 0 Å². The Labute approximate surface area is 81.3 Å². The minimum Gasteiger partial charge on any atom is -0.205 e. The van der Waals surface area contributed by atoms with E-state index in [-0.39, 0.29) is 6.04 Å². The number of hydrogen-bond donors (Lipinski definition) is 2. The molecule has 0 rings (SSSR count). The summed E-state index contributed by atoms with van der Waals surface area (Å²) in [5, 5.41) is 0. The first kappa shape index (κ1) is 12.9. The number of unbranched alkanes of at least 4 members (excludes halogenated alkanes) is 2. The molecule has 0 aromatic rings. The molecule has 0 fully saturated rings. The van der Waals surface area contributed by atoms with Crippen molar-refractivity contribution in [2.75, 3.05) is 7.05 Å². The van der Waals surface area contributed by atoms with Gasteiger partial charge in [-0.1, -0.05) is 26.2 Å². The maximum Gasteiger partial charge on any atom is 0.276 e. The summed E-state index contributed by atoms with van der Waals surface area (Å²) in [6, 6.07) is 0.0176. The van der Waals surface area contributed by atoms with Gasteiger partial charge < -0.3 is 0 Å². The topological polar surface area (TPSA) is 58.2 Å². The van der Waals surface area contributed by atoms with Gasteiger partial charge in [-0.25, -0.2) is 4.72 Å². The van der Waals surface area contributed by atoms with Crippen LogP contribution in [0.4, 0.5) is 0 Å². The standard InChI is InChI=1S/C8H20N2O2S/c1-4-5-6-7-8(2)10-13(11,12)9-3/h8-10H,4-7H2,1-3H3. The van der Waals surface area contributed by atoms with E-state index in [0.717, 1.165) is 25.7 Å². The molecule has 0 aromatic carbocycles. The largest absolute Gasteiger partial charge is 0.276 e. The van der Waals surface area contributed by atoms with Gasteiger partial charge in [-0.05, 0) is 13.3 Å². The molecule has 80 valence electrons. The average Bonchev–Trinajstić information content (AvgIpc) is 2.04. The summed E-state index contributed by atoms with van der Waals surface area (Å²) in [5.41, 5.74) is 0. The second-order valence-corrected chi connectivity index (χ2v) is 4.87. The van der Waals surface area contributed by atoms with Gasteiger partial charge in [0.15, 0.2) is 0 Å². The smallest absolute Gasteiger partial charge is 0.205 e. The fourth-order valence-electron chi connectivity index (χ4n) is 1.08. The Hall–Kier alpha value is -0.130. The van der Waals surface area contributed by atoms with Crippen molar-refractivity contribution in [1.82, 2.24) is 9.44 Å². The van der Waals surface area contributed by atoms with Gasteiger partial charge in [-0.3, -0.25) is 0 Å². The van der Waals surface area contributed by atoms with Crippen molar-refractivity contribution in [1.29, 1.82) is 0 Å². The highest BCUT2D eigenvalue weighted by Gasteiger charge is 2.10. The van der Waals surface area contributed by atoms with E-state index in [1.165, 1.54) is 7.05 Å². The minimum atomic E-state index is -3.26. The molecule has 0 saturated heterocycles. The van der Waals surface area contributed by atoms with Crippen molar-refractivity contribution < 1.29 is 8.42 Å². The van der Waals surface area contributed by atoms with Crippen LogP contribution >= 0.6 is 0 Å². The minimum absolute atomic E-state index is 0.0176. The lowest BCUT2D eigenvalue weighted by Crippen LogP contribution is -2.39. The molecule has 0 heterocycles. The normalized spacial score (nSPS) is 14.4. The Morgan fingerprint density at radius 3 is 2.38 bits per heavy atom. The van der Waals surface area contributed by atoms with Gasteiger partial charge in [0.05, 0.1) is 0 Å². The van der Waals surface area contributed by atoms with Crippen molar-refractivity contribution >= 4 is 10.2 Å². The van der Waals surface area contributed by atoms with Gasteiger partial charge in [0.1, 0.15) is 0 Å². The van der Waals surface area contributed by atoms with Crippen LogP contribution in [0.25, 0.3) is 0 Å². The van der Waals surface area contributed by atoms with E-state index in [9.17, 15) is 8.42 Å². The van der Waals surface area contributed by atoms with E-state index < -0.39 is 10.2 Å². The predicted molar refractivity (Wildman–Crippen MR) is 54.7 cm³/mol. The molecule has 0 radical (unpaired) electrons. The summed E-state index contributed by atoms with van der Waals surface area (Å²) in [4.78, 5) is 0. The Morgan fingerprint density at radius 2 is 1.92 bits per heavy atom. The molecule has 4 nitrogen and oxygen atoms in total. The number of hydrogen-bond acceptors (Lipinski definition) is 2. The number of nitrogens with one attached hydrogen (secondary N) is 2. The molecule has 0 saturated carbocycles. The van der Waals surface area contributed by atoms with Crippen LogP contribution in [0.1, 0.15) is 39.5 Å².